The second-order valence-electron chi connectivity index (χ2n) is 11.8. The second kappa shape index (κ2) is 12.9. The molecule has 0 unspecified atom stereocenters. The van der Waals surface area contributed by atoms with Gasteiger partial charge in [0.2, 0.25) is 0 Å². The van der Waals surface area contributed by atoms with Gasteiger partial charge in [0, 0.05) is 38.8 Å². The van der Waals surface area contributed by atoms with E-state index in [9.17, 15) is 0 Å². The fraction of sp³-hybridized carbons (Fsp3) is 0. The van der Waals surface area contributed by atoms with Crippen molar-refractivity contribution in [3.05, 3.63) is 215 Å². The number of hydrogen-bond donors (Lipinski definition) is 0. The number of allylic oxidation sites excluding steroid dienone is 12. The second-order valence-corrected chi connectivity index (χ2v) is 11.8. The van der Waals surface area contributed by atoms with Crippen LogP contribution in [0.15, 0.2) is 213 Å². The molecule has 4 aromatic rings. The van der Waals surface area contributed by atoms with Gasteiger partial charge in [-0.1, -0.05) is 121 Å². The van der Waals surface area contributed by atoms with Crippen molar-refractivity contribution in [1.29, 1.82) is 0 Å². The van der Waals surface area contributed by atoms with Crippen LogP contribution in [0.2, 0.25) is 0 Å². The molecule has 8 bridgehead atoms. The molecule has 5 heterocycles. The predicted molar refractivity (Wildman–Crippen MR) is 200 cm³/mol. The Kier molecular flexibility index (Phi) is 7.97. The van der Waals surface area contributed by atoms with Gasteiger partial charge in [0.25, 0.3) is 0 Å². The molecular weight excluding hydrogens is 643 g/mol. The van der Waals surface area contributed by atoms with Gasteiger partial charge in [0.1, 0.15) is 0 Å². The Morgan fingerprint density at radius 1 is 0.245 bits per heavy atom. The molecule has 0 N–H and O–H groups in total. The van der Waals surface area contributed by atoms with Gasteiger partial charge in [-0.2, -0.15) is 0 Å². The van der Waals surface area contributed by atoms with Crippen LogP contribution in [0.5, 0.6) is 0 Å². The molecule has 0 aliphatic carbocycles. The molecular formula is C44H28N4Ni. The molecule has 4 nitrogen and oxygen atoms in total. The molecule has 0 aromatic heterocycles. The van der Waals surface area contributed by atoms with Crippen molar-refractivity contribution >= 4 is 45.1 Å². The van der Waals surface area contributed by atoms with Crippen LogP contribution < -0.4 is 0 Å². The maximum Gasteiger partial charge on any atom is 0.0738 e. The van der Waals surface area contributed by atoms with Crippen LogP contribution in [-0.2, 0) is 16.5 Å². The van der Waals surface area contributed by atoms with E-state index in [0.29, 0.717) is 0 Å². The SMILES string of the molecule is C1=CC2=C(c3ccccc3)C3=NC(=C(c4ccccc4)C4=NC(=C(c5ccccc5)C5=NC(=C(c6ccccc6)C1=N2)C=C5)C=C4)C=C3.[Ni]. The van der Waals surface area contributed by atoms with Gasteiger partial charge in [-0.05, 0) is 70.9 Å². The maximum absolute atomic E-state index is 5.31. The molecule has 0 fully saturated rings. The van der Waals surface area contributed by atoms with Crippen molar-refractivity contribution < 1.29 is 16.5 Å². The third kappa shape index (κ3) is 5.55. The smallest absolute Gasteiger partial charge is 0.0738 e. The first-order chi connectivity index (χ1) is 23.8. The van der Waals surface area contributed by atoms with E-state index in [0.717, 1.165) is 90.2 Å². The summed E-state index contributed by atoms with van der Waals surface area (Å²) in [4.78, 5) is 21.2. The molecule has 0 amide bonds. The Labute approximate surface area is 295 Å². The first-order valence-corrected chi connectivity index (χ1v) is 16.1. The van der Waals surface area contributed by atoms with Crippen LogP contribution in [0.25, 0.3) is 22.3 Å². The van der Waals surface area contributed by atoms with Crippen molar-refractivity contribution in [1.82, 2.24) is 0 Å². The summed E-state index contributed by atoms with van der Waals surface area (Å²) in [7, 11) is 0. The van der Waals surface area contributed by atoms with Crippen LogP contribution in [0, 0.1) is 0 Å². The minimum absolute atomic E-state index is 0. The largest absolute Gasteiger partial charge is 0.248 e. The van der Waals surface area contributed by atoms with Crippen LogP contribution >= 0.6 is 0 Å². The molecule has 4 aromatic carbocycles. The number of benzene rings is 4. The summed E-state index contributed by atoms with van der Waals surface area (Å²) >= 11 is 0. The van der Waals surface area contributed by atoms with Gasteiger partial charge in [0.15, 0.2) is 0 Å². The number of nitrogens with zero attached hydrogens (tertiary/aromatic N) is 4. The Morgan fingerprint density at radius 3 is 0.653 bits per heavy atom. The van der Waals surface area contributed by atoms with Crippen LogP contribution in [-0.4, -0.2) is 22.8 Å². The van der Waals surface area contributed by atoms with E-state index in [1.165, 1.54) is 0 Å². The third-order valence-corrected chi connectivity index (χ3v) is 8.86. The molecule has 0 radical (unpaired) electrons. The zero-order valence-electron chi connectivity index (χ0n) is 26.3. The topological polar surface area (TPSA) is 49.4 Å². The summed E-state index contributed by atoms with van der Waals surface area (Å²) in [6.45, 7) is 0. The summed E-state index contributed by atoms with van der Waals surface area (Å²) in [6.07, 6.45) is 16.8. The summed E-state index contributed by atoms with van der Waals surface area (Å²) in [5.74, 6) is 0. The number of hydrogen-bond acceptors (Lipinski definition) is 4. The van der Waals surface area contributed by atoms with Gasteiger partial charge in [-0.15, -0.1) is 0 Å². The molecule has 234 valence electrons. The van der Waals surface area contributed by atoms with Gasteiger partial charge in [0.05, 0.1) is 45.6 Å². The molecule has 9 rings (SSSR count). The van der Waals surface area contributed by atoms with E-state index in [-0.39, 0.29) is 16.5 Å². The van der Waals surface area contributed by atoms with E-state index in [2.05, 4.69) is 146 Å². The molecule has 49 heavy (non-hydrogen) atoms. The minimum Gasteiger partial charge on any atom is -0.248 e. The minimum atomic E-state index is 0. The van der Waals surface area contributed by atoms with Crippen molar-refractivity contribution in [2.45, 2.75) is 0 Å². The fourth-order valence-electron chi connectivity index (χ4n) is 6.69. The first kappa shape index (κ1) is 30.3. The standard InChI is InChI=1S/C44H28N4.Ni/c1-5-13-29(14-6-1)41-33-21-23-35(45-33)42(30-15-7-2-8-16-30)37-25-27-39(47-37)44(32-19-11-4-12-20-32)40-28-26-38(48-40)43(31-17-9-3-10-18-31)36-24-22-34(41)46-36;/h1-28H;. The van der Waals surface area contributed by atoms with Crippen LogP contribution in [0.1, 0.15) is 22.3 Å². The van der Waals surface area contributed by atoms with Crippen molar-refractivity contribution in [2.24, 2.45) is 20.0 Å². The average molecular weight is 671 g/mol. The third-order valence-electron chi connectivity index (χ3n) is 8.86. The number of rotatable bonds is 4. The fourth-order valence-corrected chi connectivity index (χ4v) is 6.69. The van der Waals surface area contributed by atoms with Gasteiger partial charge < -0.3 is 0 Å². The van der Waals surface area contributed by atoms with Crippen molar-refractivity contribution in [3.63, 3.8) is 0 Å². The Bertz CT molecular complexity index is 2040. The maximum atomic E-state index is 5.31. The van der Waals surface area contributed by atoms with E-state index in [1.54, 1.807) is 0 Å². The molecule has 0 spiro atoms. The van der Waals surface area contributed by atoms with Gasteiger partial charge in [-0.25, -0.2) is 20.0 Å². The zero-order valence-corrected chi connectivity index (χ0v) is 27.3. The Balaban J connectivity index is 0.00000348. The van der Waals surface area contributed by atoms with E-state index in [1.807, 2.05) is 24.3 Å². The number of fused-ring (bicyclic) bond motifs is 4. The molecule has 5 aliphatic rings. The Morgan fingerprint density at radius 2 is 0.449 bits per heavy atom. The Hall–Kier alpha value is -6.03. The van der Waals surface area contributed by atoms with Gasteiger partial charge in [-0.3, -0.25) is 0 Å². The monoisotopic (exact) mass is 670 g/mol. The quantitative estimate of drug-likeness (QED) is 0.194. The molecule has 5 heteroatoms. The summed E-state index contributed by atoms with van der Waals surface area (Å²) in [5.41, 5.74) is 15.0. The van der Waals surface area contributed by atoms with Crippen LogP contribution in [0.4, 0.5) is 0 Å². The first-order valence-electron chi connectivity index (χ1n) is 16.1. The van der Waals surface area contributed by atoms with E-state index < -0.39 is 0 Å². The van der Waals surface area contributed by atoms with Crippen LogP contribution in [0.3, 0.4) is 0 Å². The summed E-state index contributed by atoms with van der Waals surface area (Å²) in [5, 5.41) is 0. The molecule has 0 atom stereocenters. The average Bonchev–Trinajstić information content (AvgIpc) is 3.98. The van der Waals surface area contributed by atoms with Gasteiger partial charge >= 0.3 is 0 Å². The summed E-state index contributed by atoms with van der Waals surface area (Å²) < 4.78 is 0. The van der Waals surface area contributed by atoms with Crippen molar-refractivity contribution in [3.8, 4) is 0 Å². The normalized spacial score (nSPS) is 17.5. The molecule has 0 saturated carbocycles. The summed E-state index contributed by atoms with van der Waals surface area (Å²) in [6, 6.07) is 41.6. The number of aliphatic imine (C=N–C) groups is 4. The van der Waals surface area contributed by atoms with E-state index in [4.69, 9.17) is 20.0 Å². The van der Waals surface area contributed by atoms with Crippen molar-refractivity contribution in [2.75, 3.05) is 0 Å². The predicted octanol–water partition coefficient (Wildman–Crippen LogP) is 9.69. The van der Waals surface area contributed by atoms with E-state index >= 15 is 0 Å². The molecule has 0 saturated heterocycles. The molecule has 5 aliphatic heterocycles. The zero-order chi connectivity index (χ0) is 31.9.